The molecule has 0 aromatic rings. The van der Waals surface area contributed by atoms with Crippen LogP contribution in [0.2, 0.25) is 0 Å². The molecule has 2 atom stereocenters. The van der Waals surface area contributed by atoms with Gasteiger partial charge in [0.15, 0.2) is 6.16 Å². The standard InChI is InChI=1S/C11H21O6PS/c1-5-16-10(12)11(8-18-13,6-9(2)3)7-17-19(4,14)15/h9H,5-8H2,1-4H3/p+1. The molecule has 0 aliphatic rings. The third kappa shape index (κ3) is 6.99. The summed E-state index contributed by atoms with van der Waals surface area (Å²) in [5.74, 6) is -0.445. The summed E-state index contributed by atoms with van der Waals surface area (Å²) in [7, 11) is -4.39. The second kappa shape index (κ2) is 7.92. The first-order valence-corrected chi connectivity index (χ1v) is 8.96. The molecule has 0 heterocycles. The summed E-state index contributed by atoms with van der Waals surface area (Å²) >= 11 is 0. The molecular formula is C11H22O6PS+. The minimum atomic E-state index is -3.67. The first kappa shape index (κ1) is 18.5. The molecule has 0 aliphatic heterocycles. The Balaban J connectivity index is 5.23. The van der Waals surface area contributed by atoms with Gasteiger partial charge in [0.05, 0.1) is 19.5 Å². The van der Waals surface area contributed by atoms with Gasteiger partial charge in [0.2, 0.25) is 0 Å². The molecule has 0 spiro atoms. The third-order valence-electron chi connectivity index (χ3n) is 2.47. The first-order chi connectivity index (χ1) is 8.67. The number of esters is 1. The molecule has 0 rings (SSSR count). The molecule has 112 valence electrons. The van der Waals surface area contributed by atoms with Crippen molar-refractivity contribution in [3.63, 3.8) is 0 Å². The maximum atomic E-state index is 12.1. The highest BCUT2D eigenvalue weighted by atomic mass is 32.2. The number of hydrogen-bond acceptors (Lipinski definition) is 6. The van der Waals surface area contributed by atoms with E-state index in [1.165, 1.54) is 0 Å². The molecule has 0 bridgehead atoms. The van der Waals surface area contributed by atoms with Crippen molar-refractivity contribution in [3.05, 3.63) is 0 Å². The second-order valence-electron chi connectivity index (χ2n) is 4.89. The Morgan fingerprint density at radius 3 is 2.32 bits per heavy atom. The Bertz CT molecular complexity index is 405. The molecule has 0 aliphatic carbocycles. The summed E-state index contributed by atoms with van der Waals surface area (Å²) in [6.07, 6.45) is 1.30. The molecule has 6 nitrogen and oxygen atoms in total. The zero-order valence-corrected chi connectivity index (χ0v) is 13.6. The highest BCUT2D eigenvalue weighted by Crippen LogP contribution is 2.33. The monoisotopic (exact) mass is 313 g/mol. The molecule has 2 unspecified atom stereocenters. The number of carbonyl (C=O) groups excluding carboxylic acids is 1. The van der Waals surface area contributed by atoms with E-state index in [4.69, 9.17) is 8.92 Å². The van der Waals surface area contributed by atoms with Crippen molar-refractivity contribution in [1.29, 1.82) is 0 Å². The van der Waals surface area contributed by atoms with E-state index in [0.717, 1.165) is 6.26 Å². The van der Waals surface area contributed by atoms with Gasteiger partial charge in [-0.3, -0.25) is 8.98 Å². The molecule has 0 saturated heterocycles. The number of ether oxygens (including phenoxy) is 1. The predicted octanol–water partition coefficient (Wildman–Crippen LogP) is 1.58. The van der Waals surface area contributed by atoms with Gasteiger partial charge in [-0.1, -0.05) is 18.4 Å². The van der Waals surface area contributed by atoms with Gasteiger partial charge in [-0.15, -0.1) is 0 Å². The molecule has 0 amide bonds. The normalized spacial score (nSPS) is 15.4. The van der Waals surface area contributed by atoms with E-state index >= 15 is 0 Å². The fourth-order valence-corrected chi connectivity index (χ4v) is 2.93. The van der Waals surface area contributed by atoms with E-state index in [2.05, 4.69) is 0 Å². The van der Waals surface area contributed by atoms with Crippen molar-refractivity contribution in [3.8, 4) is 0 Å². The van der Waals surface area contributed by atoms with Gasteiger partial charge in [-0.05, 0) is 19.3 Å². The van der Waals surface area contributed by atoms with Gasteiger partial charge in [0.1, 0.15) is 5.41 Å². The molecule has 0 aromatic carbocycles. The quantitative estimate of drug-likeness (QED) is 0.365. The Morgan fingerprint density at radius 1 is 1.37 bits per heavy atom. The average Bonchev–Trinajstić information content (AvgIpc) is 2.24. The first-order valence-electron chi connectivity index (χ1n) is 6.03. The van der Waals surface area contributed by atoms with Gasteiger partial charge in [-0.2, -0.15) is 8.42 Å². The van der Waals surface area contributed by atoms with Crippen LogP contribution in [0, 0.1) is 11.3 Å². The van der Waals surface area contributed by atoms with Crippen LogP contribution in [0.5, 0.6) is 0 Å². The second-order valence-corrected chi connectivity index (χ2v) is 7.17. The number of rotatable bonds is 9. The lowest BCUT2D eigenvalue weighted by atomic mass is 9.82. The van der Waals surface area contributed by atoms with E-state index in [1.54, 1.807) is 6.92 Å². The van der Waals surface area contributed by atoms with Gasteiger partial charge >= 0.3 is 14.4 Å². The average molecular weight is 313 g/mol. The van der Waals surface area contributed by atoms with Crippen molar-refractivity contribution < 1.29 is 26.7 Å². The van der Waals surface area contributed by atoms with E-state index < -0.39 is 30.0 Å². The zero-order valence-electron chi connectivity index (χ0n) is 11.8. The van der Waals surface area contributed by atoms with Gasteiger partial charge in [0.25, 0.3) is 10.1 Å². The zero-order chi connectivity index (χ0) is 15.1. The fourth-order valence-electron chi connectivity index (χ4n) is 1.82. The molecule has 0 fully saturated rings. The summed E-state index contributed by atoms with van der Waals surface area (Å²) in [5, 5.41) is 0. The van der Waals surface area contributed by atoms with Crippen molar-refractivity contribution in [2.45, 2.75) is 27.2 Å². The Hall–Kier alpha value is -0.520. The van der Waals surface area contributed by atoms with Crippen LogP contribution in [0.15, 0.2) is 0 Å². The molecule has 0 aromatic heterocycles. The molecule has 19 heavy (non-hydrogen) atoms. The maximum Gasteiger partial charge on any atom is 0.326 e. The summed E-state index contributed by atoms with van der Waals surface area (Å²) < 4.78 is 42.9. The summed E-state index contributed by atoms with van der Waals surface area (Å²) in [5.41, 5.74) is -1.17. The molecule has 0 N–H and O–H groups in total. The topological polar surface area (TPSA) is 86.7 Å². The smallest absolute Gasteiger partial charge is 0.326 e. The molecular weight excluding hydrogens is 291 g/mol. The van der Waals surface area contributed by atoms with Crippen molar-refractivity contribution >= 4 is 24.5 Å². The lowest BCUT2D eigenvalue weighted by molar-refractivity contribution is -0.156. The minimum absolute atomic E-state index is 0.0273. The van der Waals surface area contributed by atoms with Crippen molar-refractivity contribution in [1.82, 2.24) is 0 Å². The van der Waals surface area contributed by atoms with Crippen LogP contribution >= 0.6 is 8.46 Å². The van der Waals surface area contributed by atoms with Crippen LogP contribution in [0.3, 0.4) is 0 Å². The largest absolute Gasteiger partial charge is 0.465 e. The van der Waals surface area contributed by atoms with E-state index in [9.17, 15) is 17.8 Å². The van der Waals surface area contributed by atoms with Crippen LogP contribution in [-0.2, 0) is 28.4 Å². The van der Waals surface area contributed by atoms with Crippen LogP contribution in [0.4, 0.5) is 0 Å². The molecule has 8 heteroatoms. The predicted molar refractivity (Wildman–Crippen MR) is 73.2 cm³/mol. The van der Waals surface area contributed by atoms with Crippen LogP contribution < -0.4 is 0 Å². The molecule has 0 saturated carbocycles. The minimum Gasteiger partial charge on any atom is -0.465 e. The third-order valence-corrected chi connectivity index (χ3v) is 3.83. The summed E-state index contributed by atoms with van der Waals surface area (Å²) in [4.78, 5) is 12.1. The Labute approximate surface area is 116 Å². The number of hydrogen-bond donors (Lipinski definition) is 0. The van der Waals surface area contributed by atoms with E-state index in [0.29, 0.717) is 6.42 Å². The lowest BCUT2D eigenvalue weighted by Crippen LogP contribution is -2.41. The van der Waals surface area contributed by atoms with Crippen LogP contribution in [-0.4, -0.2) is 40.0 Å². The van der Waals surface area contributed by atoms with Crippen molar-refractivity contribution in [2.24, 2.45) is 11.3 Å². The lowest BCUT2D eigenvalue weighted by Gasteiger charge is -2.27. The Kier molecular flexibility index (Phi) is 7.71. The highest BCUT2D eigenvalue weighted by Gasteiger charge is 2.45. The molecule has 0 radical (unpaired) electrons. The van der Waals surface area contributed by atoms with Gasteiger partial charge in [-0.25, -0.2) is 0 Å². The van der Waals surface area contributed by atoms with E-state index in [1.807, 2.05) is 13.8 Å². The maximum absolute atomic E-state index is 12.1. The number of carbonyl (C=O) groups is 1. The summed E-state index contributed by atoms with van der Waals surface area (Å²) in [6.45, 7) is 5.29. The summed E-state index contributed by atoms with van der Waals surface area (Å²) in [6, 6.07) is 0. The van der Waals surface area contributed by atoms with Crippen molar-refractivity contribution in [2.75, 3.05) is 25.6 Å². The SMILES string of the molecule is CCOC(=O)C(COS(C)(=O)=O)(C[PH+]=O)CC(C)C. The van der Waals surface area contributed by atoms with Crippen LogP contribution in [0.25, 0.3) is 0 Å². The Morgan fingerprint density at radius 2 is 1.95 bits per heavy atom. The van der Waals surface area contributed by atoms with Crippen LogP contribution in [0.1, 0.15) is 27.2 Å². The fraction of sp³-hybridized carbons (Fsp3) is 0.909. The van der Waals surface area contributed by atoms with E-state index in [-0.39, 0.29) is 25.3 Å². The van der Waals surface area contributed by atoms with Gasteiger partial charge in [0, 0.05) is 0 Å². The highest BCUT2D eigenvalue weighted by molar-refractivity contribution is 7.85. The van der Waals surface area contributed by atoms with Gasteiger partial charge < -0.3 is 4.74 Å².